The van der Waals surface area contributed by atoms with Gasteiger partial charge in [0.1, 0.15) is 0 Å². The minimum Gasteiger partial charge on any atom is -0.325 e. The summed E-state index contributed by atoms with van der Waals surface area (Å²) >= 11 is 13.2. The number of thioether (sulfide) groups is 1. The number of aromatic nitrogens is 4. The molecule has 0 aliphatic carbocycles. The molecular weight excluding hydrogens is 457 g/mol. The molecule has 1 amide bonds. The number of amides is 1. The van der Waals surface area contributed by atoms with E-state index in [9.17, 15) is 9.59 Å². The van der Waals surface area contributed by atoms with Crippen LogP contribution in [0.3, 0.4) is 0 Å². The third kappa shape index (κ3) is 4.19. The molecule has 0 aliphatic rings. The molecule has 7 nitrogen and oxygen atoms in total. The molecule has 2 aromatic carbocycles. The molecule has 0 unspecified atom stereocenters. The lowest BCUT2D eigenvalue weighted by atomic mass is 10.2. The van der Waals surface area contributed by atoms with Crippen LogP contribution in [0, 0.1) is 0 Å². The predicted molar refractivity (Wildman–Crippen MR) is 125 cm³/mol. The molecule has 0 fully saturated rings. The van der Waals surface area contributed by atoms with Gasteiger partial charge >= 0.3 is 0 Å². The molecule has 0 saturated carbocycles. The summed E-state index contributed by atoms with van der Waals surface area (Å²) in [5, 5.41) is 12.6. The average Bonchev–Trinajstić information content (AvgIpc) is 3.14. The van der Waals surface area contributed by atoms with Gasteiger partial charge in [-0.15, -0.1) is 16.8 Å². The SMILES string of the molecule is C=CCn1c(=O)c2ccccc2n2c(S[C@H](C)C(=O)Nc3cc(Cl)cc(Cl)c3)nnc12. The Kier molecular flexibility index (Phi) is 6.04. The normalized spacial score (nSPS) is 12.2. The van der Waals surface area contributed by atoms with Crippen LogP contribution in [-0.2, 0) is 11.3 Å². The van der Waals surface area contributed by atoms with Crippen molar-refractivity contribution in [1.29, 1.82) is 0 Å². The molecule has 0 spiro atoms. The summed E-state index contributed by atoms with van der Waals surface area (Å²) < 4.78 is 3.29. The van der Waals surface area contributed by atoms with Crippen LogP contribution in [0.4, 0.5) is 5.69 Å². The quantitative estimate of drug-likeness (QED) is 0.325. The largest absolute Gasteiger partial charge is 0.325 e. The van der Waals surface area contributed by atoms with E-state index in [1.54, 1.807) is 47.7 Å². The van der Waals surface area contributed by atoms with Crippen LogP contribution < -0.4 is 10.9 Å². The molecule has 4 rings (SSSR count). The molecule has 158 valence electrons. The maximum Gasteiger partial charge on any atom is 0.263 e. The number of nitrogens with zero attached hydrogens (tertiary/aromatic N) is 4. The number of rotatable bonds is 6. The van der Waals surface area contributed by atoms with Crippen molar-refractivity contribution < 1.29 is 4.79 Å². The summed E-state index contributed by atoms with van der Waals surface area (Å²) in [4.78, 5) is 25.6. The molecule has 0 saturated heterocycles. The Labute approximate surface area is 191 Å². The topological polar surface area (TPSA) is 81.3 Å². The van der Waals surface area contributed by atoms with Crippen molar-refractivity contribution in [3.63, 3.8) is 0 Å². The van der Waals surface area contributed by atoms with E-state index in [1.165, 1.54) is 16.3 Å². The molecule has 1 N–H and O–H groups in total. The van der Waals surface area contributed by atoms with Crippen LogP contribution >= 0.6 is 35.0 Å². The highest BCUT2D eigenvalue weighted by molar-refractivity contribution is 8.00. The number of halogens is 2. The fourth-order valence-electron chi connectivity index (χ4n) is 3.19. The van der Waals surface area contributed by atoms with Crippen LogP contribution in [0.1, 0.15) is 6.92 Å². The second kappa shape index (κ2) is 8.74. The third-order valence-electron chi connectivity index (χ3n) is 4.57. The van der Waals surface area contributed by atoms with Gasteiger partial charge in [-0.3, -0.25) is 18.6 Å². The molecule has 2 aromatic heterocycles. The number of allylic oxidation sites excluding steroid dienone is 1. The lowest BCUT2D eigenvalue weighted by Gasteiger charge is -2.13. The summed E-state index contributed by atoms with van der Waals surface area (Å²) in [5.74, 6) is 0.143. The fraction of sp³-hybridized carbons (Fsp3) is 0.143. The number of fused-ring (bicyclic) bond motifs is 3. The van der Waals surface area contributed by atoms with E-state index in [2.05, 4.69) is 22.1 Å². The van der Waals surface area contributed by atoms with E-state index in [-0.39, 0.29) is 11.5 Å². The standard InChI is InChI=1S/C21H17Cl2N5O2S/c1-3-8-27-19(30)16-6-4-5-7-17(16)28-20(27)25-26-21(28)31-12(2)18(29)24-15-10-13(22)9-14(23)11-15/h3-7,9-12H,1,8H2,2H3,(H,24,29)/t12-/m1/s1. The zero-order valence-electron chi connectivity index (χ0n) is 16.4. The molecule has 0 bridgehead atoms. The zero-order valence-corrected chi connectivity index (χ0v) is 18.7. The molecule has 31 heavy (non-hydrogen) atoms. The monoisotopic (exact) mass is 473 g/mol. The zero-order chi connectivity index (χ0) is 22.1. The van der Waals surface area contributed by atoms with Gasteiger partial charge in [0.25, 0.3) is 5.56 Å². The number of anilines is 1. The Morgan fingerprint density at radius 3 is 2.65 bits per heavy atom. The van der Waals surface area contributed by atoms with Gasteiger partial charge in [-0.2, -0.15) is 0 Å². The van der Waals surface area contributed by atoms with E-state index in [0.29, 0.717) is 44.1 Å². The number of nitrogens with one attached hydrogen (secondary N) is 1. The molecule has 0 radical (unpaired) electrons. The van der Waals surface area contributed by atoms with E-state index < -0.39 is 5.25 Å². The molecule has 10 heteroatoms. The first-order chi connectivity index (χ1) is 14.9. The Hall–Kier alpha value is -2.81. The molecule has 2 heterocycles. The van der Waals surface area contributed by atoms with Crippen molar-refractivity contribution >= 4 is 63.2 Å². The first-order valence-corrected chi connectivity index (χ1v) is 10.9. The number of carbonyl (C=O) groups is 1. The van der Waals surface area contributed by atoms with Gasteiger partial charge in [-0.25, -0.2) is 0 Å². The summed E-state index contributed by atoms with van der Waals surface area (Å²) in [7, 11) is 0. The molecular formula is C21H17Cl2N5O2S. The van der Waals surface area contributed by atoms with Crippen molar-refractivity contribution in [2.75, 3.05) is 5.32 Å². The second-order valence-electron chi connectivity index (χ2n) is 6.75. The van der Waals surface area contributed by atoms with Crippen LogP contribution in [0.25, 0.3) is 16.7 Å². The van der Waals surface area contributed by atoms with Crippen LogP contribution in [-0.4, -0.2) is 30.3 Å². The molecule has 4 aromatic rings. The number of hydrogen-bond acceptors (Lipinski definition) is 5. The van der Waals surface area contributed by atoms with E-state index in [0.717, 1.165) is 0 Å². The highest BCUT2D eigenvalue weighted by Gasteiger charge is 2.21. The number of hydrogen-bond donors (Lipinski definition) is 1. The van der Waals surface area contributed by atoms with E-state index >= 15 is 0 Å². The minimum atomic E-state index is -0.510. The van der Waals surface area contributed by atoms with Crippen LogP contribution in [0.2, 0.25) is 10.0 Å². The van der Waals surface area contributed by atoms with Gasteiger partial charge in [0, 0.05) is 22.3 Å². The Morgan fingerprint density at radius 1 is 1.23 bits per heavy atom. The van der Waals surface area contributed by atoms with E-state index in [1.807, 2.05) is 12.1 Å². The number of para-hydroxylation sites is 1. The smallest absolute Gasteiger partial charge is 0.263 e. The van der Waals surface area contributed by atoms with Gasteiger partial charge in [0.05, 0.1) is 16.2 Å². The predicted octanol–water partition coefficient (Wildman–Crippen LogP) is 4.66. The maximum atomic E-state index is 12.9. The summed E-state index contributed by atoms with van der Waals surface area (Å²) in [5.41, 5.74) is 1.01. The summed E-state index contributed by atoms with van der Waals surface area (Å²) in [6.45, 7) is 5.77. The number of carbonyl (C=O) groups excluding carboxylic acids is 1. The van der Waals surface area contributed by atoms with Gasteiger partial charge < -0.3 is 5.32 Å². The van der Waals surface area contributed by atoms with Gasteiger partial charge in [-0.05, 0) is 37.3 Å². The Morgan fingerprint density at radius 2 is 1.94 bits per heavy atom. The first kappa shape index (κ1) is 21.4. The second-order valence-corrected chi connectivity index (χ2v) is 8.93. The fourth-order valence-corrected chi connectivity index (χ4v) is 4.57. The Balaban J connectivity index is 1.71. The average molecular weight is 474 g/mol. The third-order valence-corrected chi connectivity index (χ3v) is 6.05. The van der Waals surface area contributed by atoms with Crippen LogP contribution in [0.15, 0.2) is 65.1 Å². The Bertz CT molecular complexity index is 1360. The molecule has 0 aliphatic heterocycles. The van der Waals surface area contributed by atoms with Crippen molar-refractivity contribution in [3.8, 4) is 0 Å². The van der Waals surface area contributed by atoms with Crippen molar-refractivity contribution in [1.82, 2.24) is 19.2 Å². The van der Waals surface area contributed by atoms with Crippen molar-refractivity contribution in [2.24, 2.45) is 0 Å². The van der Waals surface area contributed by atoms with Crippen molar-refractivity contribution in [3.05, 3.63) is 75.5 Å². The lowest BCUT2D eigenvalue weighted by Crippen LogP contribution is -2.24. The highest BCUT2D eigenvalue weighted by atomic mass is 35.5. The van der Waals surface area contributed by atoms with Gasteiger partial charge in [-0.1, -0.05) is 53.2 Å². The molecule has 1 atom stereocenters. The lowest BCUT2D eigenvalue weighted by molar-refractivity contribution is -0.115. The highest BCUT2D eigenvalue weighted by Crippen LogP contribution is 2.27. The summed E-state index contributed by atoms with van der Waals surface area (Å²) in [6, 6.07) is 12.1. The maximum absolute atomic E-state index is 12.9. The van der Waals surface area contributed by atoms with E-state index in [4.69, 9.17) is 23.2 Å². The van der Waals surface area contributed by atoms with Crippen molar-refractivity contribution in [2.45, 2.75) is 23.9 Å². The first-order valence-electron chi connectivity index (χ1n) is 9.30. The van der Waals surface area contributed by atoms with Gasteiger partial charge in [0.15, 0.2) is 5.16 Å². The van der Waals surface area contributed by atoms with Gasteiger partial charge in [0.2, 0.25) is 11.7 Å². The van der Waals surface area contributed by atoms with Crippen LogP contribution in [0.5, 0.6) is 0 Å². The number of benzene rings is 2. The minimum absolute atomic E-state index is 0.171. The summed E-state index contributed by atoms with van der Waals surface area (Å²) in [6.07, 6.45) is 1.63.